The second-order valence-electron chi connectivity index (χ2n) is 8.37. The van der Waals surface area contributed by atoms with Crippen molar-refractivity contribution in [2.75, 3.05) is 13.1 Å². The lowest BCUT2D eigenvalue weighted by Crippen LogP contribution is -2.31. The van der Waals surface area contributed by atoms with E-state index in [1.54, 1.807) is 48.8 Å². The van der Waals surface area contributed by atoms with Gasteiger partial charge in [0.15, 0.2) is 0 Å². The van der Waals surface area contributed by atoms with E-state index in [1.165, 1.54) is 6.07 Å². The maximum Gasteiger partial charge on any atom is 0.312 e. The zero-order chi connectivity index (χ0) is 25.4. The number of aliphatic carboxylic acids is 1. The molecule has 4 aromatic rings. The van der Waals surface area contributed by atoms with Crippen LogP contribution < -0.4 is 10.0 Å². The highest BCUT2D eigenvalue weighted by Crippen LogP contribution is 2.24. The van der Waals surface area contributed by atoms with Gasteiger partial charge in [0, 0.05) is 32.3 Å². The fraction of sp³-hybridized carbons (Fsp3) is 0.185. The van der Waals surface area contributed by atoms with Crippen LogP contribution in [0.1, 0.15) is 22.7 Å². The lowest BCUT2D eigenvalue weighted by atomic mass is 10.00. The van der Waals surface area contributed by atoms with Crippen molar-refractivity contribution in [3.8, 4) is 11.1 Å². The molecule has 0 aliphatic carbocycles. The van der Waals surface area contributed by atoms with Crippen molar-refractivity contribution in [3.05, 3.63) is 108 Å². The third-order valence-electron chi connectivity index (χ3n) is 5.85. The summed E-state index contributed by atoms with van der Waals surface area (Å²) in [6.07, 6.45) is 4.39. The van der Waals surface area contributed by atoms with Gasteiger partial charge in [-0.2, -0.15) is 0 Å². The van der Waals surface area contributed by atoms with Gasteiger partial charge >= 0.3 is 5.97 Å². The van der Waals surface area contributed by atoms with Crippen LogP contribution >= 0.6 is 0 Å². The minimum absolute atomic E-state index is 0.0845. The number of imidazole rings is 1. The maximum atomic E-state index is 12.9. The summed E-state index contributed by atoms with van der Waals surface area (Å²) in [7, 11) is -3.90. The Labute approximate surface area is 210 Å². The molecule has 0 aliphatic rings. The first kappa shape index (κ1) is 25.3. The van der Waals surface area contributed by atoms with Gasteiger partial charge in [-0.1, -0.05) is 66.7 Å². The summed E-state index contributed by atoms with van der Waals surface area (Å²) in [4.78, 5) is 18.9. The number of nitrogens with zero attached hydrogens (tertiary/aromatic N) is 1. The standard InChI is InChI=1S/C27H28N4O4S/c32-27(33)26(22-5-2-1-3-6-22)18-31-36(34,35)25-8-4-7-23(15-25)21-11-9-20(10-12-21)16-28-14-13-24-17-29-19-30-24/h1-12,15,17,19,26,28,31H,13-14,16,18H2,(H,29,30)(H,32,33). The molecule has 186 valence electrons. The molecule has 1 unspecified atom stereocenters. The summed E-state index contributed by atoms with van der Waals surface area (Å²) < 4.78 is 28.3. The Hall–Kier alpha value is -3.79. The lowest BCUT2D eigenvalue weighted by Gasteiger charge is -2.14. The fourth-order valence-corrected chi connectivity index (χ4v) is 4.94. The van der Waals surface area contributed by atoms with E-state index in [4.69, 9.17) is 0 Å². The molecule has 8 nitrogen and oxygen atoms in total. The van der Waals surface area contributed by atoms with Gasteiger partial charge in [0.1, 0.15) is 0 Å². The monoisotopic (exact) mass is 504 g/mol. The number of hydrogen-bond donors (Lipinski definition) is 4. The zero-order valence-corrected chi connectivity index (χ0v) is 20.4. The first-order valence-electron chi connectivity index (χ1n) is 11.6. The lowest BCUT2D eigenvalue weighted by molar-refractivity contribution is -0.138. The molecule has 0 saturated heterocycles. The van der Waals surface area contributed by atoms with Crippen LogP contribution in [0, 0.1) is 0 Å². The van der Waals surface area contributed by atoms with Gasteiger partial charge in [-0.05, 0) is 34.4 Å². The Balaban J connectivity index is 1.38. The van der Waals surface area contributed by atoms with Crippen LogP contribution in [0.2, 0.25) is 0 Å². The number of H-pyrrole nitrogens is 1. The van der Waals surface area contributed by atoms with E-state index in [2.05, 4.69) is 20.0 Å². The summed E-state index contributed by atoms with van der Waals surface area (Å²) in [5.74, 6) is -2.07. The van der Waals surface area contributed by atoms with Crippen LogP contribution in [0.3, 0.4) is 0 Å². The van der Waals surface area contributed by atoms with Crippen LogP contribution in [-0.2, 0) is 27.8 Å². The number of nitrogens with one attached hydrogen (secondary N) is 3. The van der Waals surface area contributed by atoms with E-state index in [-0.39, 0.29) is 11.4 Å². The second-order valence-corrected chi connectivity index (χ2v) is 10.1. The highest BCUT2D eigenvalue weighted by molar-refractivity contribution is 7.89. The predicted molar refractivity (Wildman–Crippen MR) is 138 cm³/mol. The smallest absolute Gasteiger partial charge is 0.312 e. The molecule has 0 radical (unpaired) electrons. The van der Waals surface area contributed by atoms with Gasteiger partial charge in [-0.3, -0.25) is 4.79 Å². The van der Waals surface area contributed by atoms with Crippen molar-refractivity contribution >= 4 is 16.0 Å². The van der Waals surface area contributed by atoms with Gasteiger partial charge in [-0.25, -0.2) is 18.1 Å². The first-order chi connectivity index (χ1) is 17.4. The summed E-state index contributed by atoms with van der Waals surface area (Å²) in [6.45, 7) is 1.29. The minimum atomic E-state index is -3.90. The highest BCUT2D eigenvalue weighted by Gasteiger charge is 2.23. The van der Waals surface area contributed by atoms with Crippen molar-refractivity contribution in [2.45, 2.75) is 23.8 Å². The normalized spacial score (nSPS) is 12.3. The van der Waals surface area contributed by atoms with Gasteiger partial charge < -0.3 is 15.4 Å². The number of carboxylic acid groups (broad SMARTS) is 1. The van der Waals surface area contributed by atoms with Crippen molar-refractivity contribution in [2.24, 2.45) is 0 Å². The number of hydrogen-bond acceptors (Lipinski definition) is 5. The van der Waals surface area contributed by atoms with Crippen LogP contribution in [0.25, 0.3) is 11.1 Å². The van der Waals surface area contributed by atoms with Crippen molar-refractivity contribution in [1.29, 1.82) is 0 Å². The number of sulfonamides is 1. The quantitative estimate of drug-likeness (QED) is 0.219. The Morgan fingerprint density at radius 1 is 0.972 bits per heavy atom. The molecule has 3 aromatic carbocycles. The fourth-order valence-electron chi connectivity index (χ4n) is 3.84. The van der Waals surface area contributed by atoms with Crippen LogP contribution in [-0.4, -0.2) is 42.6 Å². The van der Waals surface area contributed by atoms with Gasteiger partial charge in [0.2, 0.25) is 10.0 Å². The molecule has 0 saturated carbocycles. The van der Waals surface area contributed by atoms with E-state index < -0.39 is 21.9 Å². The molecule has 1 heterocycles. The predicted octanol–water partition coefficient (Wildman–Crippen LogP) is 3.56. The molecule has 0 aliphatic heterocycles. The third kappa shape index (κ3) is 6.66. The molecule has 9 heteroatoms. The first-order valence-corrected chi connectivity index (χ1v) is 13.1. The van der Waals surface area contributed by atoms with E-state index >= 15 is 0 Å². The highest BCUT2D eigenvalue weighted by atomic mass is 32.2. The van der Waals surface area contributed by atoms with Crippen molar-refractivity contribution < 1.29 is 18.3 Å². The maximum absolute atomic E-state index is 12.9. The molecule has 1 aromatic heterocycles. The van der Waals surface area contributed by atoms with Gasteiger partial charge in [0.05, 0.1) is 22.8 Å². The molecule has 0 spiro atoms. The molecule has 0 fully saturated rings. The zero-order valence-electron chi connectivity index (χ0n) is 19.6. The number of aromatic amines is 1. The number of rotatable bonds is 12. The van der Waals surface area contributed by atoms with Crippen LogP contribution in [0.4, 0.5) is 0 Å². The molecule has 0 amide bonds. The summed E-state index contributed by atoms with van der Waals surface area (Å²) >= 11 is 0. The summed E-state index contributed by atoms with van der Waals surface area (Å²) in [6, 6.07) is 23.1. The van der Waals surface area contributed by atoms with E-state index in [0.717, 1.165) is 41.9 Å². The average Bonchev–Trinajstić information content (AvgIpc) is 3.41. The Bertz CT molecular complexity index is 1370. The summed E-state index contributed by atoms with van der Waals surface area (Å²) in [5.41, 5.74) is 4.32. The molecule has 0 bridgehead atoms. The average molecular weight is 505 g/mol. The van der Waals surface area contributed by atoms with E-state index in [0.29, 0.717) is 5.56 Å². The Morgan fingerprint density at radius 3 is 2.44 bits per heavy atom. The topological polar surface area (TPSA) is 124 Å². The largest absolute Gasteiger partial charge is 0.481 e. The van der Waals surface area contributed by atoms with Crippen molar-refractivity contribution in [1.82, 2.24) is 20.0 Å². The van der Waals surface area contributed by atoms with Gasteiger partial charge in [-0.15, -0.1) is 0 Å². The Morgan fingerprint density at radius 2 is 1.75 bits per heavy atom. The molecular weight excluding hydrogens is 476 g/mol. The van der Waals surface area contributed by atoms with Crippen LogP contribution in [0.5, 0.6) is 0 Å². The van der Waals surface area contributed by atoms with Crippen molar-refractivity contribution in [3.63, 3.8) is 0 Å². The number of carboxylic acids is 1. The second kappa shape index (κ2) is 11.8. The van der Waals surface area contributed by atoms with E-state index in [1.807, 2.05) is 36.5 Å². The number of benzene rings is 3. The number of aromatic nitrogens is 2. The Kier molecular flexibility index (Phi) is 8.27. The molecular formula is C27H28N4O4S. The minimum Gasteiger partial charge on any atom is -0.481 e. The van der Waals surface area contributed by atoms with Gasteiger partial charge in [0.25, 0.3) is 0 Å². The van der Waals surface area contributed by atoms with E-state index in [9.17, 15) is 18.3 Å². The molecule has 36 heavy (non-hydrogen) atoms. The number of carbonyl (C=O) groups is 1. The molecule has 1 atom stereocenters. The third-order valence-corrected chi connectivity index (χ3v) is 7.27. The molecule has 4 N–H and O–H groups in total. The van der Waals surface area contributed by atoms with Crippen LogP contribution in [0.15, 0.2) is 96.3 Å². The SMILES string of the molecule is O=C(O)C(CNS(=O)(=O)c1cccc(-c2ccc(CNCCc3c[nH]cn3)cc2)c1)c1ccccc1. The molecule has 4 rings (SSSR count). The summed E-state index contributed by atoms with van der Waals surface area (Å²) in [5, 5.41) is 13.0.